The highest BCUT2D eigenvalue weighted by molar-refractivity contribution is 5.78. The van der Waals surface area contributed by atoms with Gasteiger partial charge in [0.2, 0.25) is 5.91 Å². The minimum Gasteiger partial charge on any atom is -0.497 e. The number of rotatable bonds is 5. The van der Waals surface area contributed by atoms with Gasteiger partial charge < -0.3 is 9.64 Å². The Morgan fingerprint density at radius 2 is 2.00 bits per heavy atom. The highest BCUT2D eigenvalue weighted by Gasteiger charge is 2.28. The normalized spacial score (nSPS) is 16.4. The number of nitrogens with zero attached hydrogens (tertiary/aromatic N) is 4. The minimum atomic E-state index is 0.111. The fourth-order valence-corrected chi connectivity index (χ4v) is 3.84. The van der Waals surface area contributed by atoms with E-state index in [1.165, 1.54) is 0 Å². The summed E-state index contributed by atoms with van der Waals surface area (Å²) in [5.74, 6) is 1.06. The molecule has 1 fully saturated rings. The summed E-state index contributed by atoms with van der Waals surface area (Å²) in [4.78, 5) is 28.3. The average Bonchev–Trinajstić information content (AvgIpc) is 2.80. The first kappa shape index (κ1) is 19.1. The molecule has 1 unspecified atom stereocenters. The molecule has 148 valence electrons. The molecule has 6 heteroatoms. The molecule has 0 saturated carbocycles. The van der Waals surface area contributed by atoms with Crippen molar-refractivity contribution < 1.29 is 9.53 Å². The molecule has 1 aromatic carbocycles. The lowest BCUT2D eigenvalue weighted by molar-refractivity contribution is -0.131. The van der Waals surface area contributed by atoms with Crippen LogP contribution in [0, 0.1) is 0 Å². The van der Waals surface area contributed by atoms with Crippen LogP contribution in [0.5, 0.6) is 5.75 Å². The zero-order valence-corrected chi connectivity index (χ0v) is 16.5. The lowest BCUT2D eigenvalue weighted by atomic mass is 9.91. The molecular weight excluding hydrogens is 364 g/mol. The summed E-state index contributed by atoms with van der Waals surface area (Å²) in [5.41, 5.74) is 3.58. The highest BCUT2D eigenvalue weighted by Crippen LogP contribution is 2.33. The second-order valence-corrected chi connectivity index (χ2v) is 7.20. The zero-order valence-electron chi connectivity index (χ0n) is 16.5. The Kier molecular flexibility index (Phi) is 5.79. The summed E-state index contributed by atoms with van der Waals surface area (Å²) in [6.45, 7) is 1.43. The van der Waals surface area contributed by atoms with E-state index in [2.05, 4.69) is 15.0 Å². The molecular formula is C23H24N4O2. The molecule has 1 atom stereocenters. The smallest absolute Gasteiger partial charge is 0.228 e. The molecule has 29 heavy (non-hydrogen) atoms. The van der Waals surface area contributed by atoms with Crippen molar-refractivity contribution in [3.05, 3.63) is 72.4 Å². The SMILES string of the molecule is COc1cccc(-c2nccnc2C2CCCN(C(=O)Cc3ccccn3)C2)c1. The summed E-state index contributed by atoms with van der Waals surface area (Å²) in [7, 11) is 1.66. The van der Waals surface area contributed by atoms with Crippen LogP contribution in [0.4, 0.5) is 0 Å². The molecule has 1 aliphatic heterocycles. The van der Waals surface area contributed by atoms with Gasteiger partial charge in [0.05, 0.1) is 24.9 Å². The molecule has 0 bridgehead atoms. The Morgan fingerprint density at radius 1 is 1.10 bits per heavy atom. The van der Waals surface area contributed by atoms with Gasteiger partial charge in [0.15, 0.2) is 0 Å². The van der Waals surface area contributed by atoms with Crippen LogP contribution in [0.15, 0.2) is 61.1 Å². The number of likely N-dealkylation sites (tertiary alicyclic amines) is 1. The fourth-order valence-electron chi connectivity index (χ4n) is 3.84. The molecule has 0 aliphatic carbocycles. The maximum atomic E-state index is 12.8. The Balaban J connectivity index is 1.55. The largest absolute Gasteiger partial charge is 0.497 e. The molecule has 4 rings (SSSR count). The summed E-state index contributed by atoms with van der Waals surface area (Å²) < 4.78 is 5.36. The van der Waals surface area contributed by atoms with E-state index in [9.17, 15) is 4.79 Å². The molecule has 3 aromatic rings. The number of carbonyl (C=O) groups is 1. The molecule has 0 radical (unpaired) electrons. The number of benzene rings is 1. The van der Waals surface area contributed by atoms with Crippen LogP contribution in [-0.4, -0.2) is 46.0 Å². The zero-order chi connectivity index (χ0) is 20.1. The number of ether oxygens (including phenoxy) is 1. The lowest BCUT2D eigenvalue weighted by Gasteiger charge is -2.33. The van der Waals surface area contributed by atoms with Gasteiger partial charge in [-0.2, -0.15) is 0 Å². The van der Waals surface area contributed by atoms with Gasteiger partial charge in [-0.25, -0.2) is 0 Å². The average molecular weight is 388 g/mol. The second-order valence-electron chi connectivity index (χ2n) is 7.20. The van der Waals surface area contributed by atoms with Crippen molar-refractivity contribution in [2.24, 2.45) is 0 Å². The van der Waals surface area contributed by atoms with E-state index in [0.29, 0.717) is 13.0 Å². The van der Waals surface area contributed by atoms with E-state index >= 15 is 0 Å². The first-order valence-corrected chi connectivity index (χ1v) is 9.87. The number of pyridine rings is 1. The summed E-state index contributed by atoms with van der Waals surface area (Å²) in [6, 6.07) is 13.5. The predicted molar refractivity (Wildman–Crippen MR) is 111 cm³/mol. The molecule has 3 heterocycles. The molecule has 1 aliphatic rings. The molecule has 6 nitrogen and oxygen atoms in total. The number of hydrogen-bond donors (Lipinski definition) is 0. The molecule has 0 N–H and O–H groups in total. The molecule has 2 aromatic heterocycles. The van der Waals surface area contributed by atoms with Crippen molar-refractivity contribution in [3.63, 3.8) is 0 Å². The Labute approximate surface area is 170 Å². The van der Waals surface area contributed by atoms with Gasteiger partial charge in [0, 0.05) is 48.9 Å². The van der Waals surface area contributed by atoms with Crippen LogP contribution in [0.1, 0.15) is 30.1 Å². The lowest BCUT2D eigenvalue weighted by Crippen LogP contribution is -2.40. The van der Waals surface area contributed by atoms with Gasteiger partial charge in [-0.3, -0.25) is 19.7 Å². The summed E-state index contributed by atoms with van der Waals surface area (Å²) >= 11 is 0. The third-order valence-electron chi connectivity index (χ3n) is 5.29. The minimum absolute atomic E-state index is 0.111. The van der Waals surface area contributed by atoms with Gasteiger partial charge in [0.25, 0.3) is 0 Å². The van der Waals surface area contributed by atoms with Crippen LogP contribution in [-0.2, 0) is 11.2 Å². The predicted octanol–water partition coefficient (Wildman–Crippen LogP) is 3.50. The topological polar surface area (TPSA) is 68.2 Å². The van der Waals surface area contributed by atoms with Gasteiger partial charge in [-0.15, -0.1) is 0 Å². The maximum Gasteiger partial charge on any atom is 0.228 e. The van der Waals surface area contributed by atoms with Gasteiger partial charge in [-0.1, -0.05) is 18.2 Å². The van der Waals surface area contributed by atoms with Crippen molar-refractivity contribution in [2.45, 2.75) is 25.2 Å². The number of amides is 1. The van der Waals surface area contributed by atoms with Crippen molar-refractivity contribution in [2.75, 3.05) is 20.2 Å². The Bertz CT molecular complexity index is 977. The van der Waals surface area contributed by atoms with Crippen LogP contribution in [0.2, 0.25) is 0 Å². The second kappa shape index (κ2) is 8.82. The van der Waals surface area contributed by atoms with E-state index in [-0.39, 0.29) is 11.8 Å². The quantitative estimate of drug-likeness (QED) is 0.669. The van der Waals surface area contributed by atoms with Crippen LogP contribution in [0.25, 0.3) is 11.3 Å². The number of piperidine rings is 1. The van der Waals surface area contributed by atoms with Crippen molar-refractivity contribution >= 4 is 5.91 Å². The number of methoxy groups -OCH3 is 1. The van der Waals surface area contributed by atoms with Crippen LogP contribution in [0.3, 0.4) is 0 Å². The third-order valence-corrected chi connectivity index (χ3v) is 5.29. The van der Waals surface area contributed by atoms with Crippen molar-refractivity contribution in [1.29, 1.82) is 0 Å². The van der Waals surface area contributed by atoms with Crippen molar-refractivity contribution in [3.8, 4) is 17.0 Å². The summed E-state index contributed by atoms with van der Waals surface area (Å²) in [6.07, 6.45) is 7.44. The number of carbonyl (C=O) groups excluding carboxylic acids is 1. The molecule has 1 amide bonds. The van der Waals surface area contributed by atoms with Crippen LogP contribution >= 0.6 is 0 Å². The van der Waals surface area contributed by atoms with Crippen molar-refractivity contribution in [1.82, 2.24) is 19.9 Å². The van der Waals surface area contributed by atoms with E-state index < -0.39 is 0 Å². The monoisotopic (exact) mass is 388 g/mol. The molecule has 1 saturated heterocycles. The maximum absolute atomic E-state index is 12.8. The van der Waals surface area contributed by atoms with E-state index in [1.54, 1.807) is 25.7 Å². The number of aromatic nitrogens is 3. The van der Waals surface area contributed by atoms with E-state index in [1.807, 2.05) is 47.4 Å². The Hall–Kier alpha value is -3.28. The third kappa shape index (κ3) is 4.42. The summed E-state index contributed by atoms with van der Waals surface area (Å²) in [5, 5.41) is 0. The van der Waals surface area contributed by atoms with Gasteiger partial charge in [0.1, 0.15) is 5.75 Å². The van der Waals surface area contributed by atoms with E-state index in [4.69, 9.17) is 4.74 Å². The van der Waals surface area contributed by atoms with Crippen LogP contribution < -0.4 is 4.74 Å². The van der Waals surface area contributed by atoms with Gasteiger partial charge >= 0.3 is 0 Å². The standard InChI is InChI=1S/C23H24N4O2/c1-29-20-9-4-6-17(14-20)22-23(26-12-11-25-22)18-7-5-13-27(16-18)21(28)15-19-8-2-3-10-24-19/h2-4,6,8-12,14,18H,5,7,13,15-16H2,1H3. The van der Waals surface area contributed by atoms with E-state index in [0.717, 1.165) is 47.8 Å². The molecule has 0 spiro atoms. The first-order chi connectivity index (χ1) is 14.2. The highest BCUT2D eigenvalue weighted by atomic mass is 16.5. The Morgan fingerprint density at radius 3 is 2.83 bits per heavy atom. The first-order valence-electron chi connectivity index (χ1n) is 9.87. The van der Waals surface area contributed by atoms with Gasteiger partial charge in [-0.05, 0) is 37.1 Å². The number of hydrogen-bond acceptors (Lipinski definition) is 5. The fraction of sp³-hybridized carbons (Fsp3) is 0.304.